The number of carbonyl (C=O) groups is 1. The van der Waals surface area contributed by atoms with Gasteiger partial charge in [0.05, 0.1) is 5.25 Å². The molecule has 25 heavy (non-hydrogen) atoms. The van der Waals surface area contributed by atoms with Crippen molar-refractivity contribution < 1.29 is 4.79 Å². The van der Waals surface area contributed by atoms with E-state index in [1.807, 2.05) is 24.0 Å². The van der Waals surface area contributed by atoms with Crippen LogP contribution in [-0.2, 0) is 4.79 Å². The number of amides is 1. The minimum absolute atomic E-state index is 0.125. The number of rotatable bonds is 5. The number of hydrogen-bond acceptors (Lipinski definition) is 6. The number of hydrogen-bond donors (Lipinski definition) is 1. The Kier molecular flexibility index (Phi) is 5.96. The quantitative estimate of drug-likeness (QED) is 0.784. The molecule has 0 unspecified atom stereocenters. The van der Waals surface area contributed by atoms with Gasteiger partial charge in [0, 0.05) is 18.8 Å². The molecular formula is C18H24N4OS2. The van der Waals surface area contributed by atoms with Gasteiger partial charge in [0.15, 0.2) is 4.34 Å². The summed E-state index contributed by atoms with van der Waals surface area (Å²) in [5, 5.41) is 12.4. The highest BCUT2D eigenvalue weighted by Crippen LogP contribution is 2.32. The zero-order valence-corrected chi connectivity index (χ0v) is 16.5. The van der Waals surface area contributed by atoms with Crippen LogP contribution in [0.5, 0.6) is 0 Å². The smallest absolute Gasteiger partial charge is 0.235 e. The van der Waals surface area contributed by atoms with Crippen LogP contribution in [0.2, 0.25) is 0 Å². The summed E-state index contributed by atoms with van der Waals surface area (Å²) in [6, 6.07) is 6.16. The van der Waals surface area contributed by atoms with Crippen molar-refractivity contribution in [3.63, 3.8) is 0 Å². The molecule has 1 fully saturated rings. The monoisotopic (exact) mass is 376 g/mol. The molecule has 5 nitrogen and oxygen atoms in total. The minimum Gasteiger partial charge on any atom is -0.342 e. The molecule has 0 aliphatic carbocycles. The second-order valence-corrected chi connectivity index (χ2v) is 8.96. The van der Waals surface area contributed by atoms with E-state index in [0.717, 1.165) is 41.1 Å². The summed E-state index contributed by atoms with van der Waals surface area (Å²) in [7, 11) is 0. The first kappa shape index (κ1) is 18.2. The maximum Gasteiger partial charge on any atom is 0.235 e. The van der Waals surface area contributed by atoms with Crippen LogP contribution in [0, 0.1) is 13.8 Å². The van der Waals surface area contributed by atoms with Gasteiger partial charge < -0.3 is 10.2 Å². The molecule has 1 aliphatic heterocycles. The Labute approximate surface area is 157 Å². The van der Waals surface area contributed by atoms with E-state index in [2.05, 4.69) is 35.4 Å². The van der Waals surface area contributed by atoms with Gasteiger partial charge in [0.2, 0.25) is 11.0 Å². The van der Waals surface area contributed by atoms with Crippen LogP contribution in [0.1, 0.15) is 37.3 Å². The molecule has 1 aromatic heterocycles. The number of piperidine rings is 1. The van der Waals surface area contributed by atoms with Gasteiger partial charge in [-0.05, 0) is 57.2 Å². The molecular weight excluding hydrogens is 352 g/mol. The lowest BCUT2D eigenvalue weighted by molar-refractivity contribution is -0.131. The van der Waals surface area contributed by atoms with E-state index < -0.39 is 0 Å². The van der Waals surface area contributed by atoms with E-state index in [1.54, 1.807) is 0 Å². The Morgan fingerprint density at radius 2 is 2.00 bits per heavy atom. The summed E-state index contributed by atoms with van der Waals surface area (Å²) in [5.74, 6) is 0.212. The molecule has 0 spiro atoms. The fraction of sp³-hybridized carbons (Fsp3) is 0.500. The van der Waals surface area contributed by atoms with Crippen LogP contribution in [0.15, 0.2) is 22.5 Å². The third-order valence-corrected chi connectivity index (χ3v) is 6.56. The maximum atomic E-state index is 12.5. The lowest BCUT2D eigenvalue weighted by Crippen LogP contribution is -2.40. The molecule has 134 valence electrons. The molecule has 2 aromatic rings. The number of anilines is 2. The third-order valence-electron chi connectivity index (χ3n) is 4.55. The maximum absolute atomic E-state index is 12.5. The Hall–Kier alpha value is -1.60. The second-order valence-electron chi connectivity index (χ2n) is 6.39. The average molecular weight is 377 g/mol. The number of nitrogens with one attached hydrogen (secondary N) is 1. The standard InChI is InChI=1S/C18H24N4OS2/c1-12-8-7-9-15(13(12)2)19-17-20-21-18(25-17)24-14(3)16(23)22-10-5-4-6-11-22/h7-9,14H,4-6,10-11H2,1-3H3,(H,19,20)/t14-/m0/s1. The van der Waals surface area contributed by atoms with Crippen molar-refractivity contribution in [3.05, 3.63) is 29.3 Å². The van der Waals surface area contributed by atoms with Gasteiger partial charge in [-0.1, -0.05) is 35.2 Å². The van der Waals surface area contributed by atoms with Gasteiger partial charge in [-0.3, -0.25) is 4.79 Å². The Bertz CT molecular complexity index is 740. The number of thioether (sulfide) groups is 1. The van der Waals surface area contributed by atoms with Crippen molar-refractivity contribution in [2.24, 2.45) is 0 Å². The number of carbonyl (C=O) groups excluding carboxylic acids is 1. The van der Waals surface area contributed by atoms with E-state index in [0.29, 0.717) is 0 Å². The molecule has 1 N–H and O–H groups in total. The molecule has 2 heterocycles. The lowest BCUT2D eigenvalue weighted by Gasteiger charge is -2.28. The molecule has 1 atom stereocenters. The molecule has 1 aliphatic rings. The largest absolute Gasteiger partial charge is 0.342 e. The van der Waals surface area contributed by atoms with Crippen molar-refractivity contribution in [1.82, 2.24) is 15.1 Å². The highest BCUT2D eigenvalue weighted by Gasteiger charge is 2.24. The van der Waals surface area contributed by atoms with Crippen LogP contribution >= 0.6 is 23.1 Å². The van der Waals surface area contributed by atoms with E-state index in [-0.39, 0.29) is 11.2 Å². The van der Waals surface area contributed by atoms with E-state index in [4.69, 9.17) is 0 Å². The summed E-state index contributed by atoms with van der Waals surface area (Å²) >= 11 is 2.99. The van der Waals surface area contributed by atoms with Crippen LogP contribution in [0.25, 0.3) is 0 Å². The number of aryl methyl sites for hydroxylation is 1. The Morgan fingerprint density at radius 3 is 2.76 bits per heavy atom. The predicted octanol–water partition coefficient (Wildman–Crippen LogP) is 4.39. The van der Waals surface area contributed by atoms with E-state index in [1.165, 1.54) is 40.6 Å². The minimum atomic E-state index is -0.125. The number of nitrogens with zero attached hydrogens (tertiary/aromatic N) is 3. The zero-order chi connectivity index (χ0) is 17.8. The Morgan fingerprint density at radius 1 is 1.24 bits per heavy atom. The molecule has 0 radical (unpaired) electrons. The van der Waals surface area contributed by atoms with Crippen LogP contribution in [0.4, 0.5) is 10.8 Å². The molecule has 3 rings (SSSR count). The van der Waals surface area contributed by atoms with Crippen LogP contribution < -0.4 is 5.32 Å². The summed E-state index contributed by atoms with van der Waals surface area (Å²) in [6.45, 7) is 7.92. The molecule has 7 heteroatoms. The van der Waals surface area contributed by atoms with Gasteiger partial charge in [-0.2, -0.15) is 0 Å². The Balaban J connectivity index is 1.61. The second kappa shape index (κ2) is 8.19. The van der Waals surface area contributed by atoms with Crippen molar-refractivity contribution in [2.45, 2.75) is 49.6 Å². The van der Waals surface area contributed by atoms with Crippen molar-refractivity contribution in [3.8, 4) is 0 Å². The first-order valence-electron chi connectivity index (χ1n) is 8.67. The van der Waals surface area contributed by atoms with E-state index >= 15 is 0 Å². The highest BCUT2D eigenvalue weighted by atomic mass is 32.2. The molecule has 0 saturated carbocycles. The lowest BCUT2D eigenvalue weighted by atomic mass is 10.1. The molecule has 1 amide bonds. The van der Waals surface area contributed by atoms with Crippen molar-refractivity contribution >= 4 is 39.8 Å². The van der Waals surface area contributed by atoms with Gasteiger partial charge in [-0.25, -0.2) is 0 Å². The summed E-state index contributed by atoms with van der Waals surface area (Å²) in [5.41, 5.74) is 3.50. The zero-order valence-electron chi connectivity index (χ0n) is 14.9. The molecule has 1 aromatic carbocycles. The molecule has 1 saturated heterocycles. The highest BCUT2D eigenvalue weighted by molar-refractivity contribution is 8.02. The summed E-state index contributed by atoms with van der Waals surface area (Å²) in [4.78, 5) is 14.5. The fourth-order valence-corrected chi connectivity index (χ4v) is 4.87. The van der Waals surface area contributed by atoms with Crippen molar-refractivity contribution in [2.75, 3.05) is 18.4 Å². The van der Waals surface area contributed by atoms with Gasteiger partial charge in [0.1, 0.15) is 0 Å². The third kappa shape index (κ3) is 4.52. The average Bonchev–Trinajstić information content (AvgIpc) is 3.06. The van der Waals surface area contributed by atoms with E-state index in [9.17, 15) is 4.79 Å². The number of benzene rings is 1. The molecule has 0 bridgehead atoms. The number of aromatic nitrogens is 2. The van der Waals surface area contributed by atoms with Gasteiger partial charge >= 0.3 is 0 Å². The SMILES string of the molecule is Cc1cccc(Nc2nnc(S[C@@H](C)C(=O)N3CCCCC3)s2)c1C. The van der Waals surface area contributed by atoms with Crippen molar-refractivity contribution in [1.29, 1.82) is 0 Å². The fourth-order valence-electron chi connectivity index (χ4n) is 2.88. The first-order valence-corrected chi connectivity index (χ1v) is 10.4. The van der Waals surface area contributed by atoms with Crippen LogP contribution in [-0.4, -0.2) is 39.3 Å². The van der Waals surface area contributed by atoms with Gasteiger partial charge in [0.25, 0.3) is 0 Å². The normalized spacial score (nSPS) is 15.9. The van der Waals surface area contributed by atoms with Gasteiger partial charge in [-0.15, -0.1) is 10.2 Å². The topological polar surface area (TPSA) is 58.1 Å². The summed E-state index contributed by atoms with van der Waals surface area (Å²) in [6.07, 6.45) is 3.47. The summed E-state index contributed by atoms with van der Waals surface area (Å²) < 4.78 is 0.825. The predicted molar refractivity (Wildman–Crippen MR) is 105 cm³/mol. The van der Waals surface area contributed by atoms with Crippen LogP contribution in [0.3, 0.4) is 0 Å². The first-order chi connectivity index (χ1) is 12.0. The number of likely N-dealkylation sites (tertiary alicyclic amines) is 1.